The molecule has 1 heterocycles. The van der Waals surface area contributed by atoms with Gasteiger partial charge in [-0.25, -0.2) is 0 Å². The van der Waals surface area contributed by atoms with E-state index in [0.717, 1.165) is 24.2 Å². The van der Waals surface area contributed by atoms with Crippen molar-refractivity contribution >= 4 is 11.9 Å². The Morgan fingerprint density at radius 3 is 2.67 bits per heavy atom. The molecule has 116 valence electrons. The monoisotopic (exact) mass is 293 g/mol. The molecule has 0 unspecified atom stereocenters. The van der Waals surface area contributed by atoms with Crippen molar-refractivity contribution in [2.75, 3.05) is 13.2 Å². The SMILES string of the molecule is CCOC(=O)CN(C(=O)CCn1nc(C)cc1C)C1CC1. The molecule has 0 N–H and O–H groups in total. The van der Waals surface area contributed by atoms with E-state index >= 15 is 0 Å². The molecule has 1 aliphatic carbocycles. The van der Waals surface area contributed by atoms with Crippen LogP contribution in [0, 0.1) is 13.8 Å². The number of hydrogen-bond donors (Lipinski definition) is 0. The van der Waals surface area contributed by atoms with Gasteiger partial charge in [0.1, 0.15) is 6.54 Å². The summed E-state index contributed by atoms with van der Waals surface area (Å²) in [5, 5.41) is 4.35. The van der Waals surface area contributed by atoms with Crippen LogP contribution in [0.4, 0.5) is 0 Å². The lowest BCUT2D eigenvalue weighted by molar-refractivity contribution is -0.149. The van der Waals surface area contributed by atoms with Crippen LogP contribution in [0.15, 0.2) is 6.07 Å². The Hall–Kier alpha value is -1.85. The summed E-state index contributed by atoms with van der Waals surface area (Å²) in [4.78, 5) is 25.6. The number of aromatic nitrogens is 2. The van der Waals surface area contributed by atoms with Crippen LogP contribution in [0.5, 0.6) is 0 Å². The Balaban J connectivity index is 1.90. The number of nitrogens with zero attached hydrogens (tertiary/aromatic N) is 3. The molecule has 1 aliphatic rings. The van der Waals surface area contributed by atoms with E-state index in [2.05, 4.69) is 5.10 Å². The maximum absolute atomic E-state index is 12.3. The summed E-state index contributed by atoms with van der Waals surface area (Å²) in [7, 11) is 0. The highest BCUT2D eigenvalue weighted by Gasteiger charge is 2.33. The van der Waals surface area contributed by atoms with Crippen molar-refractivity contribution in [1.82, 2.24) is 14.7 Å². The van der Waals surface area contributed by atoms with E-state index < -0.39 is 0 Å². The predicted molar refractivity (Wildman–Crippen MR) is 77.7 cm³/mol. The quantitative estimate of drug-likeness (QED) is 0.714. The van der Waals surface area contributed by atoms with Gasteiger partial charge in [-0.2, -0.15) is 5.10 Å². The molecule has 21 heavy (non-hydrogen) atoms. The first-order chi connectivity index (χ1) is 10.0. The lowest BCUT2D eigenvalue weighted by atomic mass is 10.3. The second kappa shape index (κ2) is 6.74. The van der Waals surface area contributed by atoms with Gasteiger partial charge in [0.2, 0.25) is 5.91 Å². The first kappa shape index (κ1) is 15.5. The van der Waals surface area contributed by atoms with Crippen molar-refractivity contribution in [3.05, 3.63) is 17.5 Å². The van der Waals surface area contributed by atoms with Gasteiger partial charge in [-0.3, -0.25) is 14.3 Å². The molecular weight excluding hydrogens is 270 g/mol. The van der Waals surface area contributed by atoms with Crippen molar-refractivity contribution in [3.8, 4) is 0 Å². The van der Waals surface area contributed by atoms with Crippen LogP contribution in [-0.2, 0) is 20.9 Å². The number of esters is 1. The number of hydrogen-bond acceptors (Lipinski definition) is 4. The number of rotatable bonds is 7. The van der Waals surface area contributed by atoms with Crippen LogP contribution in [-0.4, -0.2) is 45.8 Å². The van der Waals surface area contributed by atoms with Gasteiger partial charge < -0.3 is 9.64 Å². The van der Waals surface area contributed by atoms with Crippen molar-refractivity contribution in [3.63, 3.8) is 0 Å². The van der Waals surface area contributed by atoms with E-state index in [1.807, 2.05) is 24.6 Å². The summed E-state index contributed by atoms with van der Waals surface area (Å²) in [5.74, 6) is -0.332. The maximum Gasteiger partial charge on any atom is 0.325 e. The minimum atomic E-state index is -0.330. The molecule has 2 rings (SSSR count). The fourth-order valence-electron chi connectivity index (χ4n) is 2.40. The summed E-state index contributed by atoms with van der Waals surface area (Å²) >= 11 is 0. The molecule has 0 aliphatic heterocycles. The lowest BCUT2D eigenvalue weighted by Gasteiger charge is -2.21. The number of amides is 1. The normalized spacial score (nSPS) is 14.0. The average Bonchev–Trinajstić information content (AvgIpc) is 3.20. The third-order valence-electron chi connectivity index (χ3n) is 3.55. The van der Waals surface area contributed by atoms with Crippen LogP contribution in [0.25, 0.3) is 0 Å². The molecule has 1 saturated carbocycles. The van der Waals surface area contributed by atoms with E-state index in [9.17, 15) is 9.59 Å². The molecule has 0 radical (unpaired) electrons. The van der Waals surface area contributed by atoms with E-state index in [1.54, 1.807) is 11.8 Å². The van der Waals surface area contributed by atoms with Crippen LogP contribution in [0.1, 0.15) is 37.6 Å². The molecule has 0 spiro atoms. The highest BCUT2D eigenvalue weighted by atomic mass is 16.5. The van der Waals surface area contributed by atoms with Crippen molar-refractivity contribution in [2.45, 2.75) is 52.6 Å². The summed E-state index contributed by atoms with van der Waals surface area (Å²) in [6, 6.07) is 2.20. The summed E-state index contributed by atoms with van der Waals surface area (Å²) in [6.45, 7) is 6.63. The highest BCUT2D eigenvalue weighted by Crippen LogP contribution is 2.27. The standard InChI is InChI=1S/C15H23N3O3/c1-4-21-15(20)10-17(13-5-6-13)14(19)7-8-18-12(3)9-11(2)16-18/h9,13H,4-8,10H2,1-3H3. The van der Waals surface area contributed by atoms with Gasteiger partial charge in [0.25, 0.3) is 0 Å². The summed E-state index contributed by atoms with van der Waals surface area (Å²) < 4.78 is 6.77. The average molecular weight is 293 g/mol. The Kier molecular flexibility index (Phi) is 4.98. The minimum absolute atomic E-state index is 0.00175. The molecule has 1 fully saturated rings. The van der Waals surface area contributed by atoms with Gasteiger partial charge in [-0.05, 0) is 39.7 Å². The zero-order valence-electron chi connectivity index (χ0n) is 13.0. The number of aryl methyl sites for hydroxylation is 3. The third kappa shape index (κ3) is 4.31. The lowest BCUT2D eigenvalue weighted by Crippen LogP contribution is -2.38. The molecule has 0 atom stereocenters. The Bertz CT molecular complexity index is 520. The molecular formula is C15H23N3O3. The molecule has 1 amide bonds. The number of ether oxygens (including phenoxy) is 1. The largest absolute Gasteiger partial charge is 0.465 e. The Morgan fingerprint density at radius 2 is 2.14 bits per heavy atom. The van der Waals surface area contributed by atoms with Crippen molar-refractivity contribution in [2.24, 2.45) is 0 Å². The van der Waals surface area contributed by atoms with E-state index in [4.69, 9.17) is 4.74 Å². The van der Waals surface area contributed by atoms with Crippen LogP contribution >= 0.6 is 0 Å². The molecule has 0 bridgehead atoms. The van der Waals surface area contributed by atoms with E-state index in [0.29, 0.717) is 19.6 Å². The highest BCUT2D eigenvalue weighted by molar-refractivity contribution is 5.82. The summed E-state index contributed by atoms with van der Waals surface area (Å²) in [5.41, 5.74) is 1.99. The first-order valence-corrected chi connectivity index (χ1v) is 7.47. The number of carbonyl (C=O) groups is 2. The van der Waals surface area contributed by atoms with E-state index in [1.165, 1.54) is 0 Å². The Labute approximate surface area is 125 Å². The van der Waals surface area contributed by atoms with Gasteiger partial charge in [-0.1, -0.05) is 0 Å². The van der Waals surface area contributed by atoms with Gasteiger partial charge in [0, 0.05) is 24.7 Å². The number of carbonyl (C=O) groups excluding carboxylic acids is 2. The molecule has 6 nitrogen and oxygen atoms in total. The first-order valence-electron chi connectivity index (χ1n) is 7.47. The third-order valence-corrected chi connectivity index (χ3v) is 3.55. The van der Waals surface area contributed by atoms with E-state index in [-0.39, 0.29) is 24.5 Å². The topological polar surface area (TPSA) is 64.4 Å². The molecule has 0 saturated heterocycles. The van der Waals surface area contributed by atoms with Crippen LogP contribution in [0.2, 0.25) is 0 Å². The van der Waals surface area contributed by atoms with Gasteiger partial charge >= 0.3 is 5.97 Å². The van der Waals surface area contributed by atoms with Crippen molar-refractivity contribution < 1.29 is 14.3 Å². The smallest absolute Gasteiger partial charge is 0.325 e. The molecule has 1 aromatic rings. The molecule has 1 aromatic heterocycles. The van der Waals surface area contributed by atoms with Gasteiger partial charge in [0.05, 0.1) is 12.3 Å². The second-order valence-corrected chi connectivity index (χ2v) is 5.46. The predicted octanol–water partition coefficient (Wildman–Crippen LogP) is 1.44. The molecule has 0 aromatic carbocycles. The van der Waals surface area contributed by atoms with Crippen molar-refractivity contribution in [1.29, 1.82) is 0 Å². The zero-order valence-corrected chi connectivity index (χ0v) is 13.0. The van der Waals surface area contributed by atoms with Crippen LogP contribution < -0.4 is 0 Å². The maximum atomic E-state index is 12.3. The summed E-state index contributed by atoms with van der Waals surface area (Å²) in [6.07, 6.45) is 2.31. The fourth-order valence-corrected chi connectivity index (χ4v) is 2.40. The minimum Gasteiger partial charge on any atom is -0.465 e. The molecule has 6 heteroatoms. The zero-order chi connectivity index (χ0) is 15.4. The Morgan fingerprint density at radius 1 is 1.43 bits per heavy atom. The fraction of sp³-hybridized carbons (Fsp3) is 0.667. The van der Waals surface area contributed by atoms with Gasteiger partial charge in [-0.15, -0.1) is 0 Å². The van der Waals surface area contributed by atoms with Crippen LogP contribution in [0.3, 0.4) is 0 Å². The second-order valence-electron chi connectivity index (χ2n) is 5.46. The van der Waals surface area contributed by atoms with Gasteiger partial charge in [0.15, 0.2) is 0 Å².